The molecule has 0 N–H and O–H groups in total. The van der Waals surface area contributed by atoms with Gasteiger partial charge in [0.05, 0.1) is 17.7 Å². The summed E-state index contributed by atoms with van der Waals surface area (Å²) in [6.07, 6.45) is 2.09. The zero-order valence-corrected chi connectivity index (χ0v) is 17.3. The SMILES string of the molecule is COc1ccc(N(C)S(=O)(=O)c2cccc(C(=O)N3CCCC(C)C3)c2)cc1. The molecular weight excluding hydrogens is 376 g/mol. The summed E-state index contributed by atoms with van der Waals surface area (Å²) in [5.41, 5.74) is 0.917. The molecule has 150 valence electrons. The van der Waals surface area contributed by atoms with Gasteiger partial charge in [0.2, 0.25) is 0 Å². The van der Waals surface area contributed by atoms with Gasteiger partial charge >= 0.3 is 0 Å². The van der Waals surface area contributed by atoms with Crippen molar-refractivity contribution in [3.8, 4) is 5.75 Å². The van der Waals surface area contributed by atoms with Crippen LogP contribution in [0.5, 0.6) is 5.75 Å². The highest BCUT2D eigenvalue weighted by Crippen LogP contribution is 2.25. The zero-order valence-electron chi connectivity index (χ0n) is 16.5. The molecule has 1 fully saturated rings. The Morgan fingerprint density at radius 2 is 1.89 bits per heavy atom. The summed E-state index contributed by atoms with van der Waals surface area (Å²) < 4.78 is 32.4. The molecule has 0 spiro atoms. The first-order chi connectivity index (χ1) is 13.3. The van der Waals surface area contributed by atoms with Crippen molar-refractivity contribution in [2.24, 2.45) is 5.92 Å². The van der Waals surface area contributed by atoms with E-state index in [1.54, 1.807) is 43.5 Å². The lowest BCUT2D eigenvalue weighted by molar-refractivity contribution is 0.0683. The Morgan fingerprint density at radius 1 is 1.18 bits per heavy atom. The average Bonchev–Trinajstić information content (AvgIpc) is 2.72. The lowest BCUT2D eigenvalue weighted by Gasteiger charge is -2.31. The molecule has 6 nitrogen and oxygen atoms in total. The van der Waals surface area contributed by atoms with Crippen LogP contribution in [0.1, 0.15) is 30.1 Å². The van der Waals surface area contributed by atoms with Crippen molar-refractivity contribution in [3.63, 3.8) is 0 Å². The standard InChI is InChI=1S/C21H26N2O4S/c1-16-6-5-13-23(15-16)21(24)17-7-4-8-20(14-17)28(25,26)22(2)18-9-11-19(27-3)12-10-18/h4,7-12,14,16H,5-6,13,15H2,1-3H3. The van der Waals surface area contributed by atoms with Gasteiger partial charge in [0, 0.05) is 25.7 Å². The van der Waals surface area contributed by atoms with Crippen molar-refractivity contribution in [2.45, 2.75) is 24.7 Å². The van der Waals surface area contributed by atoms with Gasteiger partial charge in [-0.3, -0.25) is 9.10 Å². The van der Waals surface area contributed by atoms with Crippen LogP contribution in [0.2, 0.25) is 0 Å². The Morgan fingerprint density at radius 3 is 2.54 bits per heavy atom. The second kappa shape index (κ2) is 8.22. The molecule has 1 heterocycles. The lowest BCUT2D eigenvalue weighted by Crippen LogP contribution is -2.39. The molecule has 1 amide bonds. The number of methoxy groups -OCH3 is 1. The molecule has 1 saturated heterocycles. The molecule has 7 heteroatoms. The van der Waals surface area contributed by atoms with Gasteiger partial charge in [0.15, 0.2) is 0 Å². The Kier molecular flexibility index (Phi) is 5.93. The summed E-state index contributed by atoms with van der Waals surface area (Å²) in [7, 11) is -0.733. The monoisotopic (exact) mass is 402 g/mol. The highest BCUT2D eigenvalue weighted by Gasteiger charge is 2.25. The Balaban J connectivity index is 1.86. The van der Waals surface area contributed by atoms with Gasteiger partial charge in [0.25, 0.3) is 15.9 Å². The largest absolute Gasteiger partial charge is 0.497 e. The van der Waals surface area contributed by atoms with Gasteiger partial charge in [-0.25, -0.2) is 8.42 Å². The minimum Gasteiger partial charge on any atom is -0.497 e. The number of carbonyl (C=O) groups excluding carboxylic acids is 1. The number of nitrogens with zero attached hydrogens (tertiary/aromatic N) is 2. The van der Waals surface area contributed by atoms with Crippen LogP contribution >= 0.6 is 0 Å². The lowest BCUT2D eigenvalue weighted by atomic mass is 9.99. The molecule has 1 aliphatic heterocycles. The van der Waals surface area contributed by atoms with Crippen LogP contribution in [0.25, 0.3) is 0 Å². The van der Waals surface area contributed by atoms with Gasteiger partial charge in [-0.05, 0) is 61.2 Å². The van der Waals surface area contributed by atoms with Gasteiger partial charge < -0.3 is 9.64 Å². The Hall–Kier alpha value is -2.54. The van der Waals surface area contributed by atoms with E-state index >= 15 is 0 Å². The van der Waals surface area contributed by atoms with Crippen LogP contribution in [0.3, 0.4) is 0 Å². The number of rotatable bonds is 5. The van der Waals surface area contributed by atoms with Gasteiger partial charge in [-0.2, -0.15) is 0 Å². The van der Waals surface area contributed by atoms with Crippen LogP contribution in [0, 0.1) is 5.92 Å². The molecule has 0 aliphatic carbocycles. The van der Waals surface area contributed by atoms with Crippen LogP contribution < -0.4 is 9.04 Å². The summed E-state index contributed by atoms with van der Waals surface area (Å²) in [6, 6.07) is 13.1. The number of anilines is 1. The smallest absolute Gasteiger partial charge is 0.264 e. The fraction of sp³-hybridized carbons (Fsp3) is 0.381. The van der Waals surface area contributed by atoms with Crippen molar-refractivity contribution in [1.82, 2.24) is 4.90 Å². The van der Waals surface area contributed by atoms with E-state index in [2.05, 4.69) is 6.92 Å². The molecule has 1 atom stereocenters. The average molecular weight is 403 g/mol. The van der Waals surface area contributed by atoms with E-state index in [1.807, 2.05) is 4.90 Å². The van der Waals surface area contributed by atoms with Crippen LogP contribution in [-0.2, 0) is 10.0 Å². The van der Waals surface area contributed by atoms with E-state index in [9.17, 15) is 13.2 Å². The minimum atomic E-state index is -3.79. The third kappa shape index (κ3) is 4.14. The van der Waals surface area contributed by atoms with Crippen molar-refractivity contribution >= 4 is 21.6 Å². The molecule has 0 aromatic heterocycles. The summed E-state index contributed by atoms with van der Waals surface area (Å²) in [6.45, 7) is 3.55. The molecule has 2 aromatic carbocycles. The maximum absolute atomic E-state index is 13.1. The molecule has 28 heavy (non-hydrogen) atoms. The van der Waals surface area contributed by atoms with E-state index in [4.69, 9.17) is 4.74 Å². The maximum Gasteiger partial charge on any atom is 0.264 e. The van der Waals surface area contributed by atoms with Crippen LogP contribution in [0.4, 0.5) is 5.69 Å². The number of likely N-dealkylation sites (tertiary alicyclic amines) is 1. The Bertz CT molecular complexity index is 941. The first-order valence-electron chi connectivity index (χ1n) is 9.35. The highest BCUT2D eigenvalue weighted by molar-refractivity contribution is 7.92. The fourth-order valence-corrected chi connectivity index (χ4v) is 4.68. The number of ether oxygens (including phenoxy) is 1. The van der Waals surface area contributed by atoms with Crippen molar-refractivity contribution in [2.75, 3.05) is 31.6 Å². The molecule has 2 aromatic rings. The number of amides is 1. The number of hydrogen-bond donors (Lipinski definition) is 0. The van der Waals surface area contributed by atoms with Crippen molar-refractivity contribution < 1.29 is 17.9 Å². The number of hydrogen-bond acceptors (Lipinski definition) is 4. The second-order valence-corrected chi connectivity index (χ2v) is 9.17. The van der Waals surface area contributed by atoms with E-state index in [0.29, 0.717) is 36.0 Å². The zero-order chi connectivity index (χ0) is 20.3. The minimum absolute atomic E-state index is 0.0988. The van der Waals surface area contributed by atoms with Gasteiger partial charge in [0.1, 0.15) is 5.75 Å². The predicted octanol–water partition coefficient (Wildman–Crippen LogP) is 3.39. The third-order valence-electron chi connectivity index (χ3n) is 5.12. The highest BCUT2D eigenvalue weighted by atomic mass is 32.2. The van der Waals surface area contributed by atoms with Crippen molar-refractivity contribution in [3.05, 3.63) is 54.1 Å². The van der Waals surface area contributed by atoms with E-state index in [-0.39, 0.29) is 10.8 Å². The van der Waals surface area contributed by atoms with Crippen molar-refractivity contribution in [1.29, 1.82) is 0 Å². The molecule has 0 saturated carbocycles. The maximum atomic E-state index is 13.1. The predicted molar refractivity (Wildman–Crippen MR) is 109 cm³/mol. The topological polar surface area (TPSA) is 66.9 Å². The first-order valence-corrected chi connectivity index (χ1v) is 10.8. The molecule has 0 radical (unpaired) electrons. The summed E-state index contributed by atoms with van der Waals surface area (Å²) in [5.74, 6) is 0.999. The number of carbonyl (C=O) groups is 1. The normalized spacial score (nSPS) is 17.2. The molecule has 3 rings (SSSR count). The first kappa shape index (κ1) is 20.2. The fourth-order valence-electron chi connectivity index (χ4n) is 3.44. The number of piperidine rings is 1. The van der Waals surface area contributed by atoms with Crippen LogP contribution in [0.15, 0.2) is 53.4 Å². The summed E-state index contributed by atoms with van der Waals surface area (Å²) >= 11 is 0. The van der Waals surface area contributed by atoms with Crippen LogP contribution in [-0.4, -0.2) is 46.5 Å². The Labute approximate surface area is 166 Å². The molecule has 1 aliphatic rings. The van der Waals surface area contributed by atoms with E-state index in [1.165, 1.54) is 23.5 Å². The van der Waals surface area contributed by atoms with E-state index in [0.717, 1.165) is 12.8 Å². The number of benzene rings is 2. The van der Waals surface area contributed by atoms with Gasteiger partial charge in [-0.15, -0.1) is 0 Å². The molecular formula is C21H26N2O4S. The quantitative estimate of drug-likeness (QED) is 0.769. The third-order valence-corrected chi connectivity index (χ3v) is 6.90. The summed E-state index contributed by atoms with van der Waals surface area (Å²) in [5, 5.41) is 0. The number of sulfonamides is 1. The molecule has 1 unspecified atom stereocenters. The molecule has 0 bridgehead atoms. The second-order valence-electron chi connectivity index (χ2n) is 7.20. The summed E-state index contributed by atoms with van der Waals surface area (Å²) in [4.78, 5) is 14.7. The van der Waals surface area contributed by atoms with Gasteiger partial charge in [-0.1, -0.05) is 13.0 Å². The van der Waals surface area contributed by atoms with E-state index < -0.39 is 10.0 Å².